The topological polar surface area (TPSA) is 52.6 Å². The van der Waals surface area contributed by atoms with Crippen LogP contribution in [0.15, 0.2) is 16.8 Å². The van der Waals surface area contributed by atoms with E-state index in [1.807, 2.05) is 30.7 Å². The van der Waals surface area contributed by atoms with Crippen LogP contribution in [0, 0.1) is 0 Å². The smallest absolute Gasteiger partial charge is 0.236 e. The molecule has 1 atom stereocenters. The van der Waals surface area contributed by atoms with Crippen LogP contribution < -0.4 is 5.32 Å². The van der Waals surface area contributed by atoms with Crippen molar-refractivity contribution >= 4 is 17.2 Å². The molecule has 1 aromatic rings. The summed E-state index contributed by atoms with van der Waals surface area (Å²) in [5.41, 5.74) is 0.901. The second kappa shape index (κ2) is 7.42. The molecular weight excluding hydrogens is 236 g/mol. The van der Waals surface area contributed by atoms with Gasteiger partial charge in [0.15, 0.2) is 0 Å². The number of likely N-dealkylation sites (N-methyl/N-ethyl adjacent to an activating group) is 1. The minimum absolute atomic E-state index is 0.0764. The van der Waals surface area contributed by atoms with Gasteiger partial charge in [0.25, 0.3) is 0 Å². The second-order valence-electron chi connectivity index (χ2n) is 3.77. The number of thiophene rings is 1. The van der Waals surface area contributed by atoms with Crippen molar-refractivity contribution in [2.75, 3.05) is 26.2 Å². The summed E-state index contributed by atoms with van der Waals surface area (Å²) in [6.45, 7) is 6.06. The summed E-state index contributed by atoms with van der Waals surface area (Å²) in [6.07, 6.45) is -0.536. The molecule has 0 fully saturated rings. The number of aliphatic hydroxyl groups is 1. The summed E-state index contributed by atoms with van der Waals surface area (Å²) in [5.74, 6) is 0.0764. The summed E-state index contributed by atoms with van der Waals surface area (Å²) in [6, 6.07) is 1.89. The van der Waals surface area contributed by atoms with Crippen molar-refractivity contribution in [1.29, 1.82) is 0 Å². The molecule has 0 aliphatic heterocycles. The van der Waals surface area contributed by atoms with Gasteiger partial charge in [0, 0.05) is 19.6 Å². The van der Waals surface area contributed by atoms with Gasteiger partial charge in [0.1, 0.15) is 0 Å². The van der Waals surface area contributed by atoms with E-state index >= 15 is 0 Å². The van der Waals surface area contributed by atoms with E-state index in [-0.39, 0.29) is 12.5 Å². The van der Waals surface area contributed by atoms with Gasteiger partial charge >= 0.3 is 0 Å². The highest BCUT2D eigenvalue weighted by Gasteiger charge is 2.11. The molecule has 1 amide bonds. The van der Waals surface area contributed by atoms with Crippen molar-refractivity contribution in [3.05, 3.63) is 22.4 Å². The lowest BCUT2D eigenvalue weighted by molar-refractivity contribution is -0.129. The lowest BCUT2D eigenvalue weighted by atomic mass is 10.2. The molecule has 96 valence electrons. The molecule has 1 rings (SSSR count). The van der Waals surface area contributed by atoms with Crippen LogP contribution in [-0.2, 0) is 4.79 Å². The molecule has 0 aliphatic rings. The minimum atomic E-state index is -0.536. The van der Waals surface area contributed by atoms with E-state index in [1.165, 1.54) is 0 Å². The molecule has 1 heterocycles. The first-order valence-electron chi connectivity index (χ1n) is 5.87. The number of carbonyl (C=O) groups is 1. The van der Waals surface area contributed by atoms with Crippen molar-refractivity contribution in [2.24, 2.45) is 0 Å². The van der Waals surface area contributed by atoms with Crippen molar-refractivity contribution < 1.29 is 9.90 Å². The summed E-state index contributed by atoms with van der Waals surface area (Å²) in [4.78, 5) is 13.4. The Balaban J connectivity index is 2.26. The number of hydrogen-bond donors (Lipinski definition) is 2. The van der Waals surface area contributed by atoms with Crippen molar-refractivity contribution in [2.45, 2.75) is 20.0 Å². The number of amides is 1. The molecule has 1 unspecified atom stereocenters. The Morgan fingerprint density at radius 2 is 2.24 bits per heavy atom. The van der Waals surface area contributed by atoms with Crippen LogP contribution in [0.1, 0.15) is 25.5 Å². The van der Waals surface area contributed by atoms with Gasteiger partial charge in [-0.2, -0.15) is 11.3 Å². The van der Waals surface area contributed by atoms with E-state index in [1.54, 1.807) is 16.2 Å². The Morgan fingerprint density at radius 3 is 2.76 bits per heavy atom. The summed E-state index contributed by atoms with van der Waals surface area (Å²) >= 11 is 1.56. The fourth-order valence-corrected chi connectivity index (χ4v) is 2.29. The molecule has 4 nitrogen and oxygen atoms in total. The fraction of sp³-hybridized carbons (Fsp3) is 0.583. The molecule has 2 N–H and O–H groups in total. The molecule has 17 heavy (non-hydrogen) atoms. The molecule has 0 radical (unpaired) electrons. The van der Waals surface area contributed by atoms with Gasteiger partial charge in [-0.1, -0.05) is 0 Å². The minimum Gasteiger partial charge on any atom is -0.387 e. The number of rotatable bonds is 7. The highest BCUT2D eigenvalue weighted by molar-refractivity contribution is 7.07. The van der Waals surface area contributed by atoms with Gasteiger partial charge < -0.3 is 15.3 Å². The SMILES string of the molecule is CCN(CC)C(=O)CNCC(O)c1ccsc1. The van der Waals surface area contributed by atoms with E-state index in [0.717, 1.165) is 18.7 Å². The summed E-state index contributed by atoms with van der Waals surface area (Å²) < 4.78 is 0. The zero-order chi connectivity index (χ0) is 12.7. The average molecular weight is 256 g/mol. The van der Waals surface area contributed by atoms with Gasteiger partial charge in [-0.15, -0.1) is 0 Å². The Hall–Kier alpha value is -0.910. The van der Waals surface area contributed by atoms with E-state index in [2.05, 4.69) is 5.32 Å². The fourth-order valence-electron chi connectivity index (χ4n) is 1.59. The average Bonchev–Trinajstić information content (AvgIpc) is 2.84. The highest BCUT2D eigenvalue weighted by Crippen LogP contribution is 2.14. The Labute approximate surface area is 106 Å². The predicted octanol–water partition coefficient (Wildman–Crippen LogP) is 1.24. The number of aliphatic hydroxyl groups excluding tert-OH is 1. The van der Waals surface area contributed by atoms with Gasteiger partial charge in [-0.3, -0.25) is 4.79 Å². The first-order chi connectivity index (χ1) is 8.19. The third-order valence-corrected chi connectivity index (χ3v) is 3.36. The third-order valence-electron chi connectivity index (χ3n) is 2.66. The third kappa shape index (κ3) is 4.46. The zero-order valence-corrected chi connectivity index (χ0v) is 11.2. The van der Waals surface area contributed by atoms with Crippen molar-refractivity contribution in [3.8, 4) is 0 Å². The monoisotopic (exact) mass is 256 g/mol. The van der Waals surface area contributed by atoms with Gasteiger partial charge in [-0.05, 0) is 36.2 Å². The van der Waals surface area contributed by atoms with Gasteiger partial charge in [0.2, 0.25) is 5.91 Å². The zero-order valence-electron chi connectivity index (χ0n) is 10.3. The predicted molar refractivity (Wildman–Crippen MR) is 70.1 cm³/mol. The van der Waals surface area contributed by atoms with E-state index in [0.29, 0.717) is 6.54 Å². The Kier molecular flexibility index (Phi) is 6.18. The molecular formula is C12H20N2O2S. The number of carbonyl (C=O) groups excluding carboxylic acids is 1. The van der Waals surface area contributed by atoms with Crippen LogP contribution in [0.3, 0.4) is 0 Å². The maximum absolute atomic E-state index is 11.7. The maximum atomic E-state index is 11.7. The molecule has 0 spiro atoms. The van der Waals surface area contributed by atoms with E-state index in [4.69, 9.17) is 0 Å². The van der Waals surface area contributed by atoms with Gasteiger partial charge in [0.05, 0.1) is 12.6 Å². The molecule has 0 saturated carbocycles. The first-order valence-corrected chi connectivity index (χ1v) is 6.82. The van der Waals surface area contributed by atoms with E-state index in [9.17, 15) is 9.90 Å². The molecule has 0 saturated heterocycles. The van der Waals surface area contributed by atoms with Crippen molar-refractivity contribution in [1.82, 2.24) is 10.2 Å². The Morgan fingerprint density at radius 1 is 1.53 bits per heavy atom. The quantitative estimate of drug-likeness (QED) is 0.772. The first kappa shape index (κ1) is 14.2. The van der Waals surface area contributed by atoms with Crippen LogP contribution in [0.4, 0.5) is 0 Å². The largest absolute Gasteiger partial charge is 0.387 e. The standard InChI is InChI=1S/C12H20N2O2S/c1-3-14(4-2)12(16)8-13-7-11(15)10-5-6-17-9-10/h5-6,9,11,13,15H,3-4,7-8H2,1-2H3. The highest BCUT2D eigenvalue weighted by atomic mass is 32.1. The summed E-state index contributed by atoms with van der Waals surface area (Å²) in [5, 5.41) is 16.6. The van der Waals surface area contributed by atoms with Crippen LogP contribution in [0.2, 0.25) is 0 Å². The Bertz CT molecular complexity index is 323. The van der Waals surface area contributed by atoms with Crippen molar-refractivity contribution in [3.63, 3.8) is 0 Å². The normalized spacial score (nSPS) is 12.4. The maximum Gasteiger partial charge on any atom is 0.236 e. The van der Waals surface area contributed by atoms with Crippen LogP contribution in [0.5, 0.6) is 0 Å². The summed E-state index contributed by atoms with van der Waals surface area (Å²) in [7, 11) is 0. The second-order valence-corrected chi connectivity index (χ2v) is 4.55. The molecule has 1 aromatic heterocycles. The van der Waals surface area contributed by atoms with Crippen LogP contribution in [0.25, 0.3) is 0 Å². The molecule has 0 aromatic carbocycles. The lowest BCUT2D eigenvalue weighted by Gasteiger charge is -2.19. The lowest BCUT2D eigenvalue weighted by Crippen LogP contribution is -2.39. The molecule has 5 heteroatoms. The van der Waals surface area contributed by atoms with Crippen LogP contribution >= 0.6 is 11.3 Å². The molecule has 0 aliphatic carbocycles. The number of hydrogen-bond acceptors (Lipinski definition) is 4. The number of nitrogens with one attached hydrogen (secondary N) is 1. The van der Waals surface area contributed by atoms with Gasteiger partial charge in [-0.25, -0.2) is 0 Å². The molecule has 0 bridgehead atoms. The number of nitrogens with zero attached hydrogens (tertiary/aromatic N) is 1. The van der Waals surface area contributed by atoms with Crippen LogP contribution in [-0.4, -0.2) is 42.1 Å². The van der Waals surface area contributed by atoms with E-state index < -0.39 is 6.10 Å².